The second kappa shape index (κ2) is 3.94. The van der Waals surface area contributed by atoms with Crippen molar-refractivity contribution in [1.29, 1.82) is 0 Å². The Labute approximate surface area is 77.5 Å². The summed E-state index contributed by atoms with van der Waals surface area (Å²) in [4.78, 5) is 19.3. The molecule has 68 valence electrons. The Kier molecular flexibility index (Phi) is 2.90. The lowest BCUT2D eigenvalue weighted by Gasteiger charge is -2.03. The van der Waals surface area contributed by atoms with Gasteiger partial charge in [0.15, 0.2) is 11.6 Å². The highest BCUT2D eigenvalue weighted by Crippen LogP contribution is 2.19. The van der Waals surface area contributed by atoms with Gasteiger partial charge in [-0.05, 0) is 32.4 Å². The molecule has 1 aromatic heterocycles. The summed E-state index contributed by atoms with van der Waals surface area (Å²) < 4.78 is 0. The predicted octanol–water partition coefficient (Wildman–Crippen LogP) is 2.31. The van der Waals surface area contributed by atoms with Gasteiger partial charge < -0.3 is 0 Å². The molecule has 0 aliphatic heterocycles. The summed E-state index contributed by atoms with van der Waals surface area (Å²) in [5.41, 5.74) is 1.53. The van der Waals surface area contributed by atoms with Gasteiger partial charge in [-0.1, -0.05) is 0 Å². The highest BCUT2D eigenvalue weighted by molar-refractivity contribution is 5.99. The summed E-state index contributed by atoms with van der Waals surface area (Å²) in [5.74, 6) is 0.515. The molecule has 0 amide bonds. The summed E-state index contributed by atoms with van der Waals surface area (Å²) in [6, 6.07) is 1.81. The number of hydrogen-bond acceptors (Lipinski definition) is 3. The average Bonchev–Trinajstić information content (AvgIpc) is 2.04. The summed E-state index contributed by atoms with van der Waals surface area (Å²) in [5, 5.41) is 0. The Morgan fingerprint density at radius 3 is 2.85 bits per heavy atom. The number of pyridine rings is 1. The zero-order chi connectivity index (χ0) is 9.84. The van der Waals surface area contributed by atoms with Crippen LogP contribution in [0.15, 0.2) is 17.3 Å². The standard InChI is InChI=1S/C10H12N2O/c1-4-11-10-9(8(3)13)7(2)5-6-12-10/h4-6H,1-3H3. The van der Waals surface area contributed by atoms with Crippen LogP contribution in [-0.2, 0) is 0 Å². The van der Waals surface area contributed by atoms with Gasteiger partial charge in [-0.3, -0.25) is 4.79 Å². The quantitative estimate of drug-likeness (QED) is 0.512. The third kappa shape index (κ3) is 1.99. The Bertz CT molecular complexity index is 356. The molecule has 0 radical (unpaired) electrons. The van der Waals surface area contributed by atoms with Gasteiger partial charge >= 0.3 is 0 Å². The highest BCUT2D eigenvalue weighted by Gasteiger charge is 2.09. The molecule has 0 fully saturated rings. The molecule has 1 rings (SSSR count). The van der Waals surface area contributed by atoms with Crippen LogP contribution in [0.1, 0.15) is 29.8 Å². The summed E-state index contributed by atoms with van der Waals surface area (Å²) in [6.45, 7) is 5.21. The Morgan fingerprint density at radius 2 is 2.31 bits per heavy atom. The van der Waals surface area contributed by atoms with Crippen LogP contribution in [0.5, 0.6) is 0 Å². The Morgan fingerprint density at radius 1 is 1.62 bits per heavy atom. The molecule has 0 unspecified atom stereocenters. The molecule has 0 saturated heterocycles. The van der Waals surface area contributed by atoms with Crippen molar-refractivity contribution in [1.82, 2.24) is 4.98 Å². The number of carbonyl (C=O) groups excluding carboxylic acids is 1. The van der Waals surface area contributed by atoms with Crippen LogP contribution in [0.3, 0.4) is 0 Å². The number of aryl methyl sites for hydroxylation is 1. The fourth-order valence-corrected chi connectivity index (χ4v) is 1.20. The van der Waals surface area contributed by atoms with Gasteiger partial charge in [0.1, 0.15) is 0 Å². The summed E-state index contributed by atoms with van der Waals surface area (Å²) in [7, 11) is 0. The minimum Gasteiger partial charge on any atom is -0.294 e. The van der Waals surface area contributed by atoms with Crippen molar-refractivity contribution < 1.29 is 4.79 Å². The normalized spacial score (nSPS) is 10.7. The highest BCUT2D eigenvalue weighted by atomic mass is 16.1. The molecule has 1 heterocycles. The number of hydrogen-bond donors (Lipinski definition) is 0. The smallest absolute Gasteiger partial charge is 0.163 e. The van der Waals surface area contributed by atoms with Gasteiger partial charge in [0.2, 0.25) is 0 Å². The molecule has 0 atom stereocenters. The fraction of sp³-hybridized carbons (Fsp3) is 0.300. The number of rotatable bonds is 2. The predicted molar refractivity (Wildman–Crippen MR) is 52.8 cm³/mol. The van der Waals surface area contributed by atoms with E-state index in [1.165, 1.54) is 6.92 Å². The van der Waals surface area contributed by atoms with Crippen LogP contribution in [-0.4, -0.2) is 17.0 Å². The van der Waals surface area contributed by atoms with E-state index in [4.69, 9.17) is 0 Å². The van der Waals surface area contributed by atoms with Crippen molar-refractivity contribution in [3.8, 4) is 0 Å². The van der Waals surface area contributed by atoms with E-state index in [9.17, 15) is 4.79 Å². The van der Waals surface area contributed by atoms with E-state index in [2.05, 4.69) is 9.98 Å². The molecule has 13 heavy (non-hydrogen) atoms. The van der Waals surface area contributed by atoms with Crippen LogP contribution in [0, 0.1) is 6.92 Å². The molecule has 0 spiro atoms. The van der Waals surface area contributed by atoms with Gasteiger partial charge in [-0.25, -0.2) is 9.98 Å². The maximum atomic E-state index is 11.2. The molecular formula is C10H12N2O. The maximum absolute atomic E-state index is 11.2. The van der Waals surface area contributed by atoms with Crippen LogP contribution < -0.4 is 0 Å². The first kappa shape index (κ1) is 9.58. The van der Waals surface area contributed by atoms with E-state index >= 15 is 0 Å². The van der Waals surface area contributed by atoms with Crippen molar-refractivity contribution in [2.75, 3.05) is 0 Å². The van der Waals surface area contributed by atoms with E-state index in [0.717, 1.165) is 5.56 Å². The molecule has 3 heteroatoms. The van der Waals surface area contributed by atoms with Crippen molar-refractivity contribution in [2.24, 2.45) is 4.99 Å². The Hall–Kier alpha value is -1.51. The average molecular weight is 176 g/mol. The van der Waals surface area contributed by atoms with Crippen LogP contribution in [0.25, 0.3) is 0 Å². The molecule has 3 nitrogen and oxygen atoms in total. The number of ketones is 1. The van der Waals surface area contributed by atoms with Crippen molar-refractivity contribution >= 4 is 17.8 Å². The molecule has 0 saturated carbocycles. The minimum absolute atomic E-state index is 0.00574. The molecule has 0 N–H and O–H groups in total. The molecule has 1 aromatic rings. The zero-order valence-corrected chi connectivity index (χ0v) is 8.03. The molecule has 0 aliphatic rings. The molecule has 0 aliphatic carbocycles. The van der Waals surface area contributed by atoms with E-state index < -0.39 is 0 Å². The van der Waals surface area contributed by atoms with E-state index in [0.29, 0.717) is 11.4 Å². The van der Waals surface area contributed by atoms with Crippen molar-refractivity contribution in [3.05, 3.63) is 23.4 Å². The second-order valence-electron chi connectivity index (χ2n) is 2.77. The van der Waals surface area contributed by atoms with Gasteiger partial charge in [-0.15, -0.1) is 0 Å². The van der Waals surface area contributed by atoms with Gasteiger partial charge in [0, 0.05) is 12.4 Å². The largest absolute Gasteiger partial charge is 0.294 e. The van der Waals surface area contributed by atoms with E-state index in [1.807, 2.05) is 13.0 Å². The van der Waals surface area contributed by atoms with Crippen LogP contribution in [0.2, 0.25) is 0 Å². The maximum Gasteiger partial charge on any atom is 0.163 e. The van der Waals surface area contributed by atoms with Crippen molar-refractivity contribution in [3.63, 3.8) is 0 Å². The summed E-state index contributed by atoms with van der Waals surface area (Å²) >= 11 is 0. The first-order chi connectivity index (χ1) is 6.16. The number of aliphatic imine (C=N–C) groups is 1. The van der Waals surface area contributed by atoms with Crippen LogP contribution in [0.4, 0.5) is 5.82 Å². The lowest BCUT2D eigenvalue weighted by atomic mass is 10.1. The first-order valence-corrected chi connectivity index (χ1v) is 4.12. The number of carbonyl (C=O) groups is 1. The second-order valence-corrected chi connectivity index (χ2v) is 2.77. The third-order valence-corrected chi connectivity index (χ3v) is 1.74. The number of Topliss-reactive ketones (excluding diaryl/α,β-unsaturated/α-hetero) is 1. The fourth-order valence-electron chi connectivity index (χ4n) is 1.20. The third-order valence-electron chi connectivity index (χ3n) is 1.74. The van der Waals surface area contributed by atoms with E-state index in [-0.39, 0.29) is 5.78 Å². The lowest BCUT2D eigenvalue weighted by molar-refractivity contribution is 0.101. The molecule has 0 bridgehead atoms. The topological polar surface area (TPSA) is 42.3 Å². The zero-order valence-electron chi connectivity index (χ0n) is 8.03. The lowest BCUT2D eigenvalue weighted by Crippen LogP contribution is -1.98. The number of nitrogens with zero attached hydrogens (tertiary/aromatic N) is 2. The number of aromatic nitrogens is 1. The summed E-state index contributed by atoms with van der Waals surface area (Å²) in [6.07, 6.45) is 3.29. The van der Waals surface area contributed by atoms with Gasteiger partial charge in [-0.2, -0.15) is 0 Å². The van der Waals surface area contributed by atoms with E-state index in [1.54, 1.807) is 19.3 Å². The molecule has 0 aromatic carbocycles. The minimum atomic E-state index is 0.00574. The van der Waals surface area contributed by atoms with Gasteiger partial charge in [0.25, 0.3) is 0 Å². The van der Waals surface area contributed by atoms with Gasteiger partial charge in [0.05, 0.1) is 5.56 Å². The SMILES string of the molecule is CC=Nc1nccc(C)c1C(C)=O. The monoisotopic (exact) mass is 176 g/mol. The Balaban J connectivity index is 3.34. The van der Waals surface area contributed by atoms with Crippen LogP contribution >= 0.6 is 0 Å². The first-order valence-electron chi connectivity index (χ1n) is 4.12. The van der Waals surface area contributed by atoms with Crippen molar-refractivity contribution in [2.45, 2.75) is 20.8 Å². The molecular weight excluding hydrogens is 164 g/mol.